The zero-order valence-electron chi connectivity index (χ0n) is 11.3. The van der Waals surface area contributed by atoms with Gasteiger partial charge in [0, 0.05) is 12.2 Å². The van der Waals surface area contributed by atoms with Gasteiger partial charge < -0.3 is 14.3 Å². The average molecular weight is 272 g/mol. The van der Waals surface area contributed by atoms with Crippen LogP contribution in [0.2, 0.25) is 0 Å². The van der Waals surface area contributed by atoms with Crippen LogP contribution in [0.25, 0.3) is 0 Å². The maximum atomic E-state index is 12.5. The zero-order chi connectivity index (χ0) is 14.1. The van der Waals surface area contributed by atoms with Crippen molar-refractivity contribution in [3.8, 4) is 0 Å². The monoisotopic (exact) mass is 272 g/mol. The molecule has 3 rings (SSSR count). The van der Waals surface area contributed by atoms with Crippen LogP contribution in [0, 0.1) is 6.92 Å². The summed E-state index contributed by atoms with van der Waals surface area (Å²) in [5, 5.41) is 0. The van der Waals surface area contributed by atoms with E-state index >= 15 is 0 Å². The van der Waals surface area contributed by atoms with Gasteiger partial charge in [0.15, 0.2) is 0 Å². The van der Waals surface area contributed by atoms with E-state index in [4.69, 9.17) is 4.42 Å². The van der Waals surface area contributed by atoms with Crippen molar-refractivity contribution in [2.24, 2.45) is 0 Å². The first-order chi connectivity index (χ1) is 9.65. The molecule has 20 heavy (non-hydrogen) atoms. The number of furan rings is 1. The van der Waals surface area contributed by atoms with Crippen molar-refractivity contribution in [2.45, 2.75) is 32.4 Å². The third kappa shape index (κ3) is 2.52. The Morgan fingerprint density at radius 3 is 2.80 bits per heavy atom. The molecule has 104 valence electrons. The molecule has 0 unspecified atom stereocenters. The first-order valence-corrected chi connectivity index (χ1v) is 6.69. The molecule has 1 amide bonds. The summed E-state index contributed by atoms with van der Waals surface area (Å²) in [7, 11) is 0. The first-order valence-electron chi connectivity index (χ1n) is 6.69. The molecular formula is C15H16N2O3. The number of hydrogen-bond donors (Lipinski definition) is 1. The summed E-state index contributed by atoms with van der Waals surface area (Å²) in [6.07, 6.45) is 3.49. The molecule has 1 fully saturated rings. The van der Waals surface area contributed by atoms with Crippen LogP contribution in [-0.2, 0) is 6.54 Å². The highest BCUT2D eigenvalue weighted by atomic mass is 16.3. The van der Waals surface area contributed by atoms with Crippen LogP contribution in [0.15, 0.2) is 39.7 Å². The number of nitrogens with zero attached hydrogens (tertiary/aromatic N) is 1. The Hall–Kier alpha value is -2.30. The van der Waals surface area contributed by atoms with Gasteiger partial charge in [0.2, 0.25) is 0 Å². The highest BCUT2D eigenvalue weighted by Gasteiger charge is 2.34. The largest absolute Gasteiger partial charge is 0.464 e. The van der Waals surface area contributed by atoms with Crippen molar-refractivity contribution in [2.75, 3.05) is 0 Å². The van der Waals surface area contributed by atoms with Gasteiger partial charge in [0.05, 0.1) is 6.54 Å². The summed E-state index contributed by atoms with van der Waals surface area (Å²) in [5.41, 5.74) is -0.165. The molecular weight excluding hydrogens is 256 g/mol. The second-order valence-electron chi connectivity index (χ2n) is 5.09. The third-order valence-electron chi connectivity index (χ3n) is 3.42. The van der Waals surface area contributed by atoms with E-state index in [1.807, 2.05) is 19.1 Å². The van der Waals surface area contributed by atoms with Gasteiger partial charge >= 0.3 is 0 Å². The van der Waals surface area contributed by atoms with Crippen molar-refractivity contribution in [1.29, 1.82) is 0 Å². The Balaban J connectivity index is 1.85. The van der Waals surface area contributed by atoms with Crippen LogP contribution < -0.4 is 5.56 Å². The molecule has 1 aliphatic rings. The molecule has 0 spiro atoms. The third-order valence-corrected chi connectivity index (χ3v) is 3.42. The molecule has 1 aliphatic carbocycles. The van der Waals surface area contributed by atoms with Gasteiger partial charge in [-0.05, 0) is 44.0 Å². The Morgan fingerprint density at radius 2 is 2.20 bits per heavy atom. The molecule has 5 heteroatoms. The summed E-state index contributed by atoms with van der Waals surface area (Å²) >= 11 is 0. The van der Waals surface area contributed by atoms with Crippen molar-refractivity contribution in [3.05, 3.63) is 57.9 Å². The number of aromatic amines is 1. The fourth-order valence-electron chi connectivity index (χ4n) is 2.24. The summed E-state index contributed by atoms with van der Waals surface area (Å²) < 4.78 is 5.53. The molecule has 5 nitrogen and oxygen atoms in total. The Bertz CT molecular complexity index is 682. The van der Waals surface area contributed by atoms with E-state index in [1.165, 1.54) is 6.20 Å². The van der Waals surface area contributed by atoms with Crippen LogP contribution in [0.3, 0.4) is 0 Å². The predicted octanol–water partition coefficient (Wildman–Crippen LogP) is 2.08. The minimum Gasteiger partial charge on any atom is -0.464 e. The number of aromatic nitrogens is 1. The number of pyridine rings is 1. The van der Waals surface area contributed by atoms with E-state index in [9.17, 15) is 9.59 Å². The second-order valence-corrected chi connectivity index (χ2v) is 5.09. The van der Waals surface area contributed by atoms with Crippen LogP contribution in [0.5, 0.6) is 0 Å². The lowest BCUT2D eigenvalue weighted by Crippen LogP contribution is -2.35. The number of carbonyl (C=O) groups is 1. The van der Waals surface area contributed by atoms with Gasteiger partial charge in [-0.2, -0.15) is 0 Å². The van der Waals surface area contributed by atoms with Crippen LogP contribution >= 0.6 is 0 Å². The molecule has 2 aromatic rings. The average Bonchev–Trinajstić information content (AvgIpc) is 3.19. The molecule has 1 N–H and O–H groups in total. The molecule has 0 bridgehead atoms. The topological polar surface area (TPSA) is 66.3 Å². The zero-order valence-corrected chi connectivity index (χ0v) is 11.3. The number of nitrogens with one attached hydrogen (secondary N) is 1. The standard InChI is InChI=1S/C15H16N2O3/c1-10-4-7-12(20-10)9-17(11-5-6-11)15(19)13-3-2-8-16-14(13)18/h2-4,7-8,11H,5-6,9H2,1H3,(H,16,18). The van der Waals surface area contributed by atoms with Crippen LogP contribution in [-0.4, -0.2) is 21.8 Å². The highest BCUT2D eigenvalue weighted by molar-refractivity contribution is 5.94. The predicted molar refractivity (Wildman–Crippen MR) is 73.4 cm³/mol. The Morgan fingerprint density at radius 1 is 1.40 bits per heavy atom. The van der Waals surface area contributed by atoms with Gasteiger partial charge in [-0.1, -0.05) is 0 Å². The number of carbonyl (C=O) groups excluding carboxylic acids is 1. The van der Waals surface area contributed by atoms with E-state index in [2.05, 4.69) is 4.98 Å². The molecule has 1 saturated carbocycles. The van der Waals surface area contributed by atoms with Gasteiger partial charge in [-0.3, -0.25) is 9.59 Å². The maximum absolute atomic E-state index is 12.5. The van der Waals surface area contributed by atoms with E-state index in [1.54, 1.807) is 17.0 Å². The minimum absolute atomic E-state index is 0.183. The quantitative estimate of drug-likeness (QED) is 0.926. The van der Waals surface area contributed by atoms with Crippen molar-refractivity contribution >= 4 is 5.91 Å². The molecule has 2 heterocycles. The van der Waals surface area contributed by atoms with Gasteiger partial charge in [-0.25, -0.2) is 0 Å². The number of H-pyrrole nitrogens is 1. The van der Waals surface area contributed by atoms with Crippen molar-refractivity contribution in [3.63, 3.8) is 0 Å². The van der Waals surface area contributed by atoms with Crippen LogP contribution in [0.4, 0.5) is 0 Å². The Kier molecular flexibility index (Phi) is 3.18. The van der Waals surface area contributed by atoms with Crippen molar-refractivity contribution < 1.29 is 9.21 Å². The SMILES string of the molecule is Cc1ccc(CN(C(=O)c2ccc[nH]c2=O)C2CC2)o1. The lowest BCUT2D eigenvalue weighted by Gasteiger charge is -2.20. The Labute approximate surface area is 116 Å². The molecule has 2 aromatic heterocycles. The summed E-state index contributed by atoms with van der Waals surface area (Å²) in [5.74, 6) is 1.33. The van der Waals surface area contributed by atoms with Crippen LogP contribution in [0.1, 0.15) is 34.7 Å². The van der Waals surface area contributed by atoms with Gasteiger partial charge in [0.1, 0.15) is 17.1 Å². The number of hydrogen-bond acceptors (Lipinski definition) is 3. The number of rotatable bonds is 4. The lowest BCUT2D eigenvalue weighted by atomic mass is 10.2. The van der Waals surface area contributed by atoms with Gasteiger partial charge in [-0.15, -0.1) is 0 Å². The van der Waals surface area contributed by atoms with E-state index in [-0.39, 0.29) is 23.1 Å². The fraction of sp³-hybridized carbons (Fsp3) is 0.333. The summed E-state index contributed by atoms with van der Waals surface area (Å²) in [6, 6.07) is 7.18. The fourth-order valence-corrected chi connectivity index (χ4v) is 2.24. The second kappa shape index (κ2) is 5.00. The van der Waals surface area contributed by atoms with Crippen molar-refractivity contribution in [1.82, 2.24) is 9.88 Å². The molecule has 0 aromatic carbocycles. The molecule has 0 saturated heterocycles. The summed E-state index contributed by atoms with van der Waals surface area (Å²) in [4.78, 5) is 28.5. The first kappa shape index (κ1) is 12.7. The number of amides is 1. The maximum Gasteiger partial charge on any atom is 0.260 e. The van der Waals surface area contributed by atoms with E-state index < -0.39 is 0 Å². The summed E-state index contributed by atoms with van der Waals surface area (Å²) in [6.45, 7) is 2.28. The highest BCUT2D eigenvalue weighted by Crippen LogP contribution is 2.29. The molecule has 0 atom stereocenters. The van der Waals surface area contributed by atoms with Gasteiger partial charge in [0.25, 0.3) is 11.5 Å². The molecule has 0 radical (unpaired) electrons. The normalized spacial score (nSPS) is 14.2. The molecule has 0 aliphatic heterocycles. The lowest BCUT2D eigenvalue weighted by molar-refractivity contribution is 0.0715. The number of aryl methyl sites for hydroxylation is 1. The minimum atomic E-state index is -0.348. The van der Waals surface area contributed by atoms with E-state index in [0.717, 1.165) is 24.4 Å². The van der Waals surface area contributed by atoms with E-state index in [0.29, 0.717) is 6.54 Å². The smallest absolute Gasteiger partial charge is 0.260 e.